The summed E-state index contributed by atoms with van der Waals surface area (Å²) in [7, 11) is -6.46. The number of benzene rings is 3. The van der Waals surface area contributed by atoms with Crippen molar-refractivity contribution in [3.63, 3.8) is 0 Å². The molecule has 0 atom stereocenters. The number of methoxy groups -OCH3 is 1. The molecule has 14 heteroatoms. The van der Waals surface area contributed by atoms with Crippen molar-refractivity contribution >= 4 is 37.6 Å². The SMILES string of the molecule is COc1ccccc1Oc1c(NS(=O)(=O)c2ccc(C(C)(C)C)cc2)nc(SC)nc1OCCNS(=O)(=O)c1ccc(C)cc1. The van der Waals surface area contributed by atoms with Crippen LogP contribution in [0.3, 0.4) is 0 Å². The van der Waals surface area contributed by atoms with E-state index in [1.54, 1.807) is 54.8 Å². The number of sulfonamides is 2. The molecule has 2 N–H and O–H groups in total. The van der Waals surface area contributed by atoms with Crippen LogP contribution in [0.5, 0.6) is 23.1 Å². The van der Waals surface area contributed by atoms with Gasteiger partial charge in [0.1, 0.15) is 6.61 Å². The van der Waals surface area contributed by atoms with Gasteiger partial charge in [0.2, 0.25) is 15.8 Å². The summed E-state index contributed by atoms with van der Waals surface area (Å²) in [5, 5.41) is 0.193. The summed E-state index contributed by atoms with van der Waals surface area (Å²) in [6, 6.07) is 19.8. The molecule has 4 rings (SSSR count). The van der Waals surface area contributed by atoms with Crippen LogP contribution in [0.15, 0.2) is 87.7 Å². The van der Waals surface area contributed by atoms with E-state index in [2.05, 4.69) is 19.4 Å². The van der Waals surface area contributed by atoms with Gasteiger partial charge in [-0.2, -0.15) is 4.98 Å². The van der Waals surface area contributed by atoms with Gasteiger partial charge in [0.05, 0.1) is 16.9 Å². The van der Waals surface area contributed by atoms with Gasteiger partial charge < -0.3 is 14.2 Å². The summed E-state index contributed by atoms with van der Waals surface area (Å²) in [4.78, 5) is 8.93. The molecule has 1 heterocycles. The Hall–Kier alpha value is -3.85. The van der Waals surface area contributed by atoms with Crippen molar-refractivity contribution in [2.45, 2.75) is 48.1 Å². The normalized spacial score (nSPS) is 12.0. The van der Waals surface area contributed by atoms with Gasteiger partial charge in [0.25, 0.3) is 15.9 Å². The van der Waals surface area contributed by atoms with Gasteiger partial charge in [-0.25, -0.2) is 26.5 Å². The van der Waals surface area contributed by atoms with E-state index < -0.39 is 20.0 Å². The first-order chi connectivity index (χ1) is 21.2. The Morgan fingerprint density at radius 1 is 0.822 bits per heavy atom. The summed E-state index contributed by atoms with van der Waals surface area (Å²) < 4.78 is 75.1. The molecule has 0 amide bonds. The van der Waals surface area contributed by atoms with Crippen molar-refractivity contribution in [3.8, 4) is 23.1 Å². The van der Waals surface area contributed by atoms with Gasteiger partial charge in [-0.3, -0.25) is 4.72 Å². The molecule has 0 aliphatic heterocycles. The fourth-order valence-electron chi connectivity index (χ4n) is 4.02. The lowest BCUT2D eigenvalue weighted by atomic mass is 9.87. The quantitative estimate of drug-likeness (QED) is 0.102. The molecule has 0 bridgehead atoms. The van der Waals surface area contributed by atoms with Crippen molar-refractivity contribution in [2.24, 2.45) is 0 Å². The van der Waals surface area contributed by atoms with Gasteiger partial charge in [0.15, 0.2) is 22.5 Å². The largest absolute Gasteiger partial charge is 0.493 e. The lowest BCUT2D eigenvalue weighted by Gasteiger charge is -2.20. The molecule has 0 spiro atoms. The van der Waals surface area contributed by atoms with Gasteiger partial charge in [-0.05, 0) is 60.6 Å². The van der Waals surface area contributed by atoms with Crippen LogP contribution in [-0.2, 0) is 25.5 Å². The highest BCUT2D eigenvalue weighted by Crippen LogP contribution is 2.41. The number of aromatic nitrogens is 2. The van der Waals surface area contributed by atoms with Crippen LogP contribution in [0.4, 0.5) is 5.82 Å². The first-order valence-corrected chi connectivity index (χ1v) is 18.0. The molecule has 4 aromatic rings. The molecule has 0 fully saturated rings. The summed E-state index contributed by atoms with van der Waals surface area (Å²) in [6.45, 7) is 7.72. The predicted octanol–water partition coefficient (Wildman–Crippen LogP) is 5.76. The molecule has 3 aromatic carbocycles. The Labute approximate surface area is 268 Å². The number of rotatable bonds is 13. The van der Waals surface area contributed by atoms with E-state index in [4.69, 9.17) is 14.2 Å². The Morgan fingerprint density at radius 2 is 1.42 bits per heavy atom. The standard InChI is InChI=1S/C31H36N4O7S3/c1-21-11-15-23(16-12-21)44(36,37)32-19-20-41-29-27(42-26-10-8-7-9-25(26)40-5)28(33-30(34-29)43-6)35-45(38,39)24-17-13-22(14-18-24)31(2,3)4/h7-18,32H,19-20H2,1-6H3,(H,33,34,35). The minimum atomic E-state index is -4.13. The van der Waals surface area contributed by atoms with Crippen molar-refractivity contribution in [1.82, 2.24) is 14.7 Å². The summed E-state index contributed by atoms with van der Waals surface area (Å²) in [5.41, 5.74) is 1.75. The predicted molar refractivity (Wildman–Crippen MR) is 175 cm³/mol. The molecular formula is C31H36N4O7S3. The molecule has 0 radical (unpaired) electrons. The van der Waals surface area contributed by atoms with Gasteiger partial charge in [-0.1, -0.05) is 74.5 Å². The number of hydrogen-bond acceptors (Lipinski definition) is 10. The minimum Gasteiger partial charge on any atom is -0.493 e. The zero-order valence-electron chi connectivity index (χ0n) is 25.8. The molecule has 0 aliphatic rings. The van der Waals surface area contributed by atoms with Crippen LogP contribution < -0.4 is 23.7 Å². The van der Waals surface area contributed by atoms with Crippen molar-refractivity contribution in [2.75, 3.05) is 31.2 Å². The second kappa shape index (κ2) is 14.1. The van der Waals surface area contributed by atoms with Crippen molar-refractivity contribution in [1.29, 1.82) is 0 Å². The molecule has 240 valence electrons. The monoisotopic (exact) mass is 672 g/mol. The number of nitrogens with one attached hydrogen (secondary N) is 2. The number of aryl methyl sites for hydroxylation is 1. The highest BCUT2D eigenvalue weighted by atomic mass is 32.2. The maximum Gasteiger partial charge on any atom is 0.264 e. The highest BCUT2D eigenvalue weighted by molar-refractivity contribution is 7.98. The number of nitrogens with zero attached hydrogens (tertiary/aromatic N) is 2. The van der Waals surface area contributed by atoms with Crippen LogP contribution in [0, 0.1) is 6.92 Å². The Morgan fingerprint density at radius 3 is 2.02 bits per heavy atom. The first-order valence-electron chi connectivity index (χ1n) is 13.8. The zero-order chi connectivity index (χ0) is 32.8. The molecule has 0 unspecified atom stereocenters. The fraction of sp³-hybridized carbons (Fsp3) is 0.290. The number of para-hydroxylation sites is 2. The summed E-state index contributed by atoms with van der Waals surface area (Å²) >= 11 is 1.16. The number of anilines is 1. The molecular weight excluding hydrogens is 637 g/mol. The van der Waals surface area contributed by atoms with Gasteiger partial charge in [-0.15, -0.1) is 0 Å². The maximum absolute atomic E-state index is 13.6. The third kappa shape index (κ3) is 8.66. The van der Waals surface area contributed by atoms with E-state index in [0.29, 0.717) is 5.75 Å². The lowest BCUT2D eigenvalue weighted by Crippen LogP contribution is -2.28. The third-order valence-electron chi connectivity index (χ3n) is 6.50. The van der Waals surface area contributed by atoms with Crippen molar-refractivity contribution in [3.05, 3.63) is 83.9 Å². The molecule has 45 heavy (non-hydrogen) atoms. The molecule has 0 aliphatic carbocycles. The fourth-order valence-corrected chi connectivity index (χ4v) is 6.39. The van der Waals surface area contributed by atoms with E-state index in [1.165, 1.54) is 31.4 Å². The first kappa shape index (κ1) is 34.0. The smallest absolute Gasteiger partial charge is 0.264 e. The van der Waals surface area contributed by atoms with E-state index >= 15 is 0 Å². The number of thioether (sulfide) groups is 1. The molecule has 0 saturated carbocycles. The third-order valence-corrected chi connectivity index (χ3v) is 9.88. The van der Waals surface area contributed by atoms with Crippen LogP contribution >= 0.6 is 11.8 Å². The van der Waals surface area contributed by atoms with Crippen LogP contribution in [-0.4, -0.2) is 53.3 Å². The van der Waals surface area contributed by atoms with Crippen LogP contribution in [0.2, 0.25) is 0 Å². The topological polar surface area (TPSA) is 146 Å². The molecule has 0 saturated heterocycles. The molecule has 11 nitrogen and oxygen atoms in total. The van der Waals surface area contributed by atoms with Gasteiger partial charge >= 0.3 is 0 Å². The number of ether oxygens (including phenoxy) is 3. The van der Waals surface area contributed by atoms with E-state index in [1.807, 2.05) is 27.7 Å². The average molecular weight is 673 g/mol. The second-order valence-corrected chi connectivity index (χ2v) is 15.1. The average Bonchev–Trinajstić information content (AvgIpc) is 3.00. The van der Waals surface area contributed by atoms with Crippen LogP contribution in [0.1, 0.15) is 31.9 Å². The minimum absolute atomic E-state index is 0.0241. The Kier molecular flexibility index (Phi) is 10.6. The van der Waals surface area contributed by atoms with Crippen molar-refractivity contribution < 1.29 is 31.0 Å². The number of hydrogen-bond donors (Lipinski definition) is 2. The van der Waals surface area contributed by atoms with E-state index in [9.17, 15) is 16.8 Å². The van der Waals surface area contributed by atoms with E-state index in [0.717, 1.165) is 22.9 Å². The Bertz CT molecular complexity index is 1840. The summed E-state index contributed by atoms with van der Waals surface area (Å²) in [6.07, 6.45) is 1.72. The maximum atomic E-state index is 13.6. The second-order valence-electron chi connectivity index (χ2n) is 10.9. The highest BCUT2D eigenvalue weighted by Gasteiger charge is 2.26. The van der Waals surface area contributed by atoms with E-state index in [-0.39, 0.29) is 56.7 Å². The lowest BCUT2D eigenvalue weighted by molar-refractivity contribution is 0.288. The van der Waals surface area contributed by atoms with Crippen LogP contribution in [0.25, 0.3) is 0 Å². The Balaban J connectivity index is 1.67. The zero-order valence-corrected chi connectivity index (χ0v) is 28.3. The molecule has 1 aromatic heterocycles. The van der Waals surface area contributed by atoms with Gasteiger partial charge in [0, 0.05) is 6.54 Å². The summed E-state index contributed by atoms with van der Waals surface area (Å²) in [5.74, 6) is 0.217.